The van der Waals surface area contributed by atoms with E-state index in [1.165, 1.54) is 22.4 Å². The highest BCUT2D eigenvalue weighted by atomic mass is 16.3. The van der Waals surface area contributed by atoms with Crippen molar-refractivity contribution in [3.8, 4) is 0 Å². The maximum Gasteiger partial charge on any atom is 0.239 e. The molecule has 1 aliphatic rings. The quantitative estimate of drug-likeness (QED) is 0.870. The van der Waals surface area contributed by atoms with Gasteiger partial charge in [0.05, 0.1) is 0 Å². The van der Waals surface area contributed by atoms with Gasteiger partial charge in [0.2, 0.25) is 6.34 Å². The van der Waals surface area contributed by atoms with E-state index in [9.17, 15) is 5.11 Å². The van der Waals surface area contributed by atoms with E-state index in [2.05, 4.69) is 55.6 Å². The van der Waals surface area contributed by atoms with Crippen molar-refractivity contribution in [2.24, 2.45) is 0 Å². The summed E-state index contributed by atoms with van der Waals surface area (Å²) in [5, 5.41) is 10.7. The molecule has 0 fully saturated rings. The first-order chi connectivity index (χ1) is 11.5. The van der Waals surface area contributed by atoms with Crippen molar-refractivity contribution in [2.45, 2.75) is 39.8 Å². The summed E-state index contributed by atoms with van der Waals surface area (Å²) in [5.74, 6) is 0. The van der Waals surface area contributed by atoms with Crippen LogP contribution in [0.2, 0.25) is 0 Å². The number of aliphatic hydroxyl groups is 1. The van der Waals surface area contributed by atoms with E-state index < -0.39 is 6.10 Å². The molecule has 3 heteroatoms. The van der Waals surface area contributed by atoms with E-state index in [0.717, 1.165) is 18.7 Å². The summed E-state index contributed by atoms with van der Waals surface area (Å²) in [5.41, 5.74) is 6.19. The van der Waals surface area contributed by atoms with Crippen molar-refractivity contribution in [3.05, 3.63) is 64.7 Å². The molecule has 3 rings (SSSR count). The Bertz CT molecular complexity index is 729. The van der Waals surface area contributed by atoms with Crippen LogP contribution < -0.4 is 4.90 Å². The van der Waals surface area contributed by atoms with Crippen LogP contribution in [0.15, 0.2) is 42.5 Å². The average molecular weight is 323 g/mol. The van der Waals surface area contributed by atoms with E-state index in [1.807, 2.05) is 30.3 Å². The fraction of sp³-hybridized carbons (Fsp3) is 0.381. The van der Waals surface area contributed by atoms with Crippen molar-refractivity contribution in [2.75, 3.05) is 18.0 Å². The molecule has 0 saturated heterocycles. The third kappa shape index (κ3) is 3.22. The predicted molar refractivity (Wildman–Crippen MR) is 100 cm³/mol. The summed E-state index contributed by atoms with van der Waals surface area (Å²) in [6.07, 6.45) is 1.68. The highest BCUT2D eigenvalue weighted by Crippen LogP contribution is 2.27. The van der Waals surface area contributed by atoms with Crippen LogP contribution in [-0.4, -0.2) is 35.2 Å². The Labute approximate surface area is 144 Å². The van der Waals surface area contributed by atoms with Crippen LogP contribution in [-0.2, 0) is 0 Å². The van der Waals surface area contributed by atoms with Gasteiger partial charge in [-0.1, -0.05) is 48.0 Å². The van der Waals surface area contributed by atoms with Crippen molar-refractivity contribution < 1.29 is 9.68 Å². The van der Waals surface area contributed by atoms with Crippen LogP contribution in [0.4, 0.5) is 5.69 Å². The van der Waals surface area contributed by atoms with Crippen molar-refractivity contribution in [1.82, 2.24) is 0 Å². The van der Waals surface area contributed by atoms with Gasteiger partial charge >= 0.3 is 0 Å². The summed E-state index contributed by atoms with van der Waals surface area (Å²) >= 11 is 0. The number of aryl methyl sites for hydroxylation is 3. The van der Waals surface area contributed by atoms with Gasteiger partial charge in [0.25, 0.3) is 0 Å². The van der Waals surface area contributed by atoms with E-state index >= 15 is 0 Å². The first kappa shape index (κ1) is 16.7. The molecule has 1 N–H and O–H groups in total. The van der Waals surface area contributed by atoms with Gasteiger partial charge in [0.15, 0.2) is 0 Å². The normalized spacial score (nSPS) is 16.9. The molecular formula is C21H27N2O+. The maximum atomic E-state index is 10.7. The van der Waals surface area contributed by atoms with Gasteiger partial charge < -0.3 is 5.11 Å². The molecule has 2 aromatic carbocycles. The summed E-state index contributed by atoms with van der Waals surface area (Å²) < 4.78 is 2.25. The Balaban J connectivity index is 1.83. The van der Waals surface area contributed by atoms with Gasteiger partial charge in [-0.25, -0.2) is 4.90 Å². The smallest absolute Gasteiger partial charge is 0.239 e. The van der Waals surface area contributed by atoms with Crippen molar-refractivity contribution in [1.29, 1.82) is 0 Å². The number of anilines is 1. The van der Waals surface area contributed by atoms with E-state index in [4.69, 9.17) is 0 Å². The Kier molecular flexibility index (Phi) is 4.72. The molecule has 0 aliphatic carbocycles. The molecule has 3 nitrogen and oxygen atoms in total. The zero-order valence-corrected chi connectivity index (χ0v) is 15.0. The van der Waals surface area contributed by atoms with Crippen molar-refractivity contribution in [3.63, 3.8) is 0 Å². The van der Waals surface area contributed by atoms with E-state index in [1.54, 1.807) is 0 Å². The fourth-order valence-corrected chi connectivity index (χ4v) is 3.73. The molecule has 1 aliphatic heterocycles. The van der Waals surface area contributed by atoms with Gasteiger partial charge in [0, 0.05) is 0 Å². The average Bonchev–Trinajstić information content (AvgIpc) is 3.03. The van der Waals surface area contributed by atoms with Crippen LogP contribution in [0.25, 0.3) is 0 Å². The first-order valence-corrected chi connectivity index (χ1v) is 8.65. The summed E-state index contributed by atoms with van der Waals surface area (Å²) in [6, 6.07) is 14.4. The minimum absolute atomic E-state index is 0.0449. The second-order valence-corrected chi connectivity index (χ2v) is 6.89. The zero-order chi connectivity index (χ0) is 17.3. The molecule has 0 radical (unpaired) electrons. The van der Waals surface area contributed by atoms with E-state index in [0.29, 0.717) is 0 Å². The minimum atomic E-state index is -0.484. The van der Waals surface area contributed by atoms with Crippen molar-refractivity contribution >= 4 is 12.0 Å². The van der Waals surface area contributed by atoms with Crippen LogP contribution >= 0.6 is 0 Å². The number of rotatable bonds is 4. The molecule has 0 saturated carbocycles. The van der Waals surface area contributed by atoms with Crippen LogP contribution in [0.1, 0.15) is 35.3 Å². The predicted octanol–water partition coefficient (Wildman–Crippen LogP) is 3.59. The lowest BCUT2D eigenvalue weighted by atomic mass is 10.0. The Morgan fingerprint density at radius 3 is 2.29 bits per heavy atom. The molecule has 0 aromatic heterocycles. The van der Waals surface area contributed by atoms with Gasteiger partial charge in [-0.2, -0.15) is 0 Å². The molecule has 0 bridgehead atoms. The molecule has 0 amide bonds. The topological polar surface area (TPSA) is 26.5 Å². The third-order valence-corrected chi connectivity index (χ3v) is 4.93. The van der Waals surface area contributed by atoms with Gasteiger partial charge in [-0.05, 0) is 44.4 Å². The second kappa shape index (κ2) is 6.78. The fourth-order valence-electron chi connectivity index (χ4n) is 3.73. The minimum Gasteiger partial charge on any atom is -0.384 e. The van der Waals surface area contributed by atoms with Crippen LogP contribution in [0, 0.1) is 20.8 Å². The molecule has 2 atom stereocenters. The molecule has 24 heavy (non-hydrogen) atoms. The maximum absolute atomic E-state index is 10.7. The first-order valence-electron chi connectivity index (χ1n) is 8.65. The van der Waals surface area contributed by atoms with E-state index in [-0.39, 0.29) is 6.04 Å². The lowest BCUT2D eigenvalue weighted by Gasteiger charge is -2.18. The standard InChI is InChI=1S/C21H27N2O/c1-15-12-16(2)20(17(3)13-15)23-11-10-22(14-23)18(4)21(24)19-8-6-5-7-9-19/h5-9,12-14,18,21,24H,10-11H2,1-4H3/q+1/t18-,21-/m1/s1. The Hall–Kier alpha value is -2.13. The second-order valence-electron chi connectivity index (χ2n) is 6.89. The lowest BCUT2D eigenvalue weighted by molar-refractivity contribution is -0.561. The zero-order valence-electron chi connectivity index (χ0n) is 15.0. The summed E-state index contributed by atoms with van der Waals surface area (Å²) in [4.78, 5) is 2.32. The van der Waals surface area contributed by atoms with Crippen LogP contribution in [0.5, 0.6) is 0 Å². The molecule has 126 valence electrons. The lowest BCUT2D eigenvalue weighted by Crippen LogP contribution is -2.29. The molecule has 0 spiro atoms. The molecule has 2 aromatic rings. The number of hydrogen-bond acceptors (Lipinski definition) is 2. The van der Waals surface area contributed by atoms with Gasteiger partial charge in [0.1, 0.15) is 30.9 Å². The van der Waals surface area contributed by atoms with Crippen LogP contribution in [0.3, 0.4) is 0 Å². The highest BCUT2D eigenvalue weighted by molar-refractivity contribution is 5.81. The number of hydrogen-bond donors (Lipinski definition) is 1. The molecular weight excluding hydrogens is 296 g/mol. The van der Waals surface area contributed by atoms with Gasteiger partial charge in [-0.3, -0.25) is 4.58 Å². The highest BCUT2D eigenvalue weighted by Gasteiger charge is 2.30. The van der Waals surface area contributed by atoms with Gasteiger partial charge in [-0.15, -0.1) is 0 Å². The Morgan fingerprint density at radius 2 is 1.67 bits per heavy atom. The summed E-state index contributed by atoms with van der Waals surface area (Å²) in [6.45, 7) is 10.5. The monoisotopic (exact) mass is 323 g/mol. The Morgan fingerprint density at radius 1 is 1.04 bits per heavy atom. The largest absolute Gasteiger partial charge is 0.384 e. The number of nitrogens with zero attached hydrogens (tertiary/aromatic N) is 2. The summed E-state index contributed by atoms with van der Waals surface area (Å²) in [7, 11) is 0. The SMILES string of the molecule is Cc1cc(C)c(N2C=[N+]([C@H](C)[C@@H](O)c3ccccc3)CC2)c(C)c1. The molecule has 1 heterocycles. The number of aliphatic hydroxyl groups excluding tert-OH is 1. The molecule has 0 unspecified atom stereocenters. The third-order valence-electron chi connectivity index (χ3n) is 4.93. The number of benzene rings is 2.